The van der Waals surface area contributed by atoms with Crippen molar-refractivity contribution in [2.24, 2.45) is 0 Å². The number of aryl methyl sites for hydroxylation is 1. The van der Waals surface area contributed by atoms with Crippen molar-refractivity contribution in [3.63, 3.8) is 0 Å². The molecule has 1 heterocycles. The Balaban J connectivity index is 2.34. The first-order valence-electron chi connectivity index (χ1n) is 4.90. The molecule has 1 aliphatic carbocycles. The standard InChI is InChI=1S/C11H14O2S/c1-11(7-10(12)13)5-2-3-9-8(11)4-6-14-9/h4,6H,2-3,5,7H2,1H3,(H,12,13). The van der Waals surface area contributed by atoms with Crippen molar-refractivity contribution < 1.29 is 9.90 Å². The van der Waals surface area contributed by atoms with Crippen molar-refractivity contribution in [2.45, 2.75) is 38.0 Å². The van der Waals surface area contributed by atoms with Crippen LogP contribution in [-0.2, 0) is 16.6 Å². The van der Waals surface area contributed by atoms with Gasteiger partial charge in [0.25, 0.3) is 0 Å². The number of fused-ring (bicyclic) bond motifs is 1. The summed E-state index contributed by atoms with van der Waals surface area (Å²) in [4.78, 5) is 12.2. The highest BCUT2D eigenvalue weighted by molar-refractivity contribution is 7.10. The normalized spacial score (nSPS) is 25.8. The molecule has 76 valence electrons. The molecule has 2 rings (SSSR count). The van der Waals surface area contributed by atoms with Gasteiger partial charge in [-0.3, -0.25) is 4.79 Å². The van der Waals surface area contributed by atoms with Crippen LogP contribution in [0.15, 0.2) is 11.4 Å². The van der Waals surface area contributed by atoms with Crippen LogP contribution in [0.2, 0.25) is 0 Å². The van der Waals surface area contributed by atoms with Gasteiger partial charge >= 0.3 is 5.97 Å². The number of carboxylic acid groups (broad SMARTS) is 1. The molecule has 1 aliphatic rings. The fourth-order valence-corrected chi connectivity index (χ4v) is 3.44. The molecule has 0 bridgehead atoms. The Morgan fingerprint density at radius 1 is 1.71 bits per heavy atom. The molecule has 0 spiro atoms. The molecule has 0 radical (unpaired) electrons. The lowest BCUT2D eigenvalue weighted by molar-refractivity contribution is -0.138. The summed E-state index contributed by atoms with van der Waals surface area (Å²) in [5.41, 5.74) is 1.15. The average Bonchev–Trinajstić information content (AvgIpc) is 2.51. The lowest BCUT2D eigenvalue weighted by atomic mass is 9.72. The van der Waals surface area contributed by atoms with Crippen LogP contribution in [0.5, 0.6) is 0 Å². The van der Waals surface area contributed by atoms with E-state index in [1.807, 2.05) is 0 Å². The number of rotatable bonds is 2. The molecular formula is C11H14O2S. The maximum Gasteiger partial charge on any atom is 0.304 e. The van der Waals surface area contributed by atoms with Gasteiger partial charge in [-0.2, -0.15) is 0 Å². The van der Waals surface area contributed by atoms with Gasteiger partial charge < -0.3 is 5.11 Å². The summed E-state index contributed by atoms with van der Waals surface area (Å²) in [5.74, 6) is -0.688. The van der Waals surface area contributed by atoms with E-state index in [2.05, 4.69) is 18.4 Å². The Morgan fingerprint density at radius 2 is 2.50 bits per heavy atom. The summed E-state index contributed by atoms with van der Waals surface area (Å²) >= 11 is 1.76. The molecule has 14 heavy (non-hydrogen) atoms. The van der Waals surface area contributed by atoms with Gasteiger partial charge in [0.1, 0.15) is 0 Å². The summed E-state index contributed by atoms with van der Waals surface area (Å²) in [6, 6.07) is 2.10. The molecule has 2 nitrogen and oxygen atoms in total. The van der Waals surface area contributed by atoms with E-state index in [1.54, 1.807) is 11.3 Å². The monoisotopic (exact) mass is 210 g/mol. The molecule has 3 heteroatoms. The van der Waals surface area contributed by atoms with E-state index < -0.39 is 5.97 Å². The fourth-order valence-electron chi connectivity index (χ4n) is 2.36. The van der Waals surface area contributed by atoms with Crippen LogP contribution < -0.4 is 0 Å². The predicted octanol–water partition coefficient (Wildman–Crippen LogP) is 2.82. The zero-order valence-corrected chi connectivity index (χ0v) is 9.06. The Hall–Kier alpha value is -0.830. The molecule has 0 saturated carbocycles. The van der Waals surface area contributed by atoms with E-state index in [9.17, 15) is 4.79 Å². The van der Waals surface area contributed by atoms with Crippen LogP contribution in [0.3, 0.4) is 0 Å². The lowest BCUT2D eigenvalue weighted by Gasteiger charge is -2.32. The topological polar surface area (TPSA) is 37.3 Å². The Bertz CT molecular complexity index is 356. The van der Waals surface area contributed by atoms with Crippen LogP contribution >= 0.6 is 11.3 Å². The van der Waals surface area contributed by atoms with Gasteiger partial charge in [0, 0.05) is 10.3 Å². The molecular weight excluding hydrogens is 196 g/mol. The molecule has 0 aliphatic heterocycles. The van der Waals surface area contributed by atoms with Crippen molar-refractivity contribution in [3.05, 3.63) is 21.9 Å². The molecule has 1 unspecified atom stereocenters. The van der Waals surface area contributed by atoms with Gasteiger partial charge in [-0.25, -0.2) is 0 Å². The third-order valence-electron chi connectivity index (χ3n) is 3.07. The zero-order chi connectivity index (χ0) is 10.2. The molecule has 0 aromatic carbocycles. The number of carbonyl (C=O) groups is 1. The van der Waals surface area contributed by atoms with Crippen molar-refractivity contribution in [2.75, 3.05) is 0 Å². The second-order valence-electron chi connectivity index (χ2n) is 4.24. The predicted molar refractivity (Wildman–Crippen MR) is 56.9 cm³/mol. The SMILES string of the molecule is CC1(CC(=O)O)CCCc2sccc21. The van der Waals surface area contributed by atoms with Crippen LogP contribution in [-0.4, -0.2) is 11.1 Å². The highest BCUT2D eigenvalue weighted by Crippen LogP contribution is 2.41. The minimum Gasteiger partial charge on any atom is -0.481 e. The lowest BCUT2D eigenvalue weighted by Crippen LogP contribution is -2.29. The van der Waals surface area contributed by atoms with E-state index in [1.165, 1.54) is 10.4 Å². The highest BCUT2D eigenvalue weighted by atomic mass is 32.1. The van der Waals surface area contributed by atoms with E-state index in [0.29, 0.717) is 0 Å². The number of hydrogen-bond acceptors (Lipinski definition) is 2. The Morgan fingerprint density at radius 3 is 3.21 bits per heavy atom. The van der Waals surface area contributed by atoms with Crippen LogP contribution in [0.4, 0.5) is 0 Å². The maximum atomic E-state index is 10.8. The number of carboxylic acids is 1. The quantitative estimate of drug-likeness (QED) is 0.815. The third-order valence-corrected chi connectivity index (χ3v) is 4.05. The van der Waals surface area contributed by atoms with Gasteiger partial charge in [0.05, 0.1) is 6.42 Å². The number of aliphatic carboxylic acids is 1. The maximum absolute atomic E-state index is 10.8. The second kappa shape index (κ2) is 3.39. The fraction of sp³-hybridized carbons (Fsp3) is 0.545. The molecule has 1 aromatic heterocycles. The summed E-state index contributed by atoms with van der Waals surface area (Å²) < 4.78 is 0. The largest absolute Gasteiger partial charge is 0.481 e. The molecule has 0 fully saturated rings. The molecule has 1 N–H and O–H groups in total. The van der Waals surface area contributed by atoms with Crippen molar-refractivity contribution in [1.29, 1.82) is 0 Å². The van der Waals surface area contributed by atoms with Crippen molar-refractivity contribution in [3.8, 4) is 0 Å². The molecule has 0 saturated heterocycles. The third kappa shape index (κ3) is 1.57. The summed E-state index contributed by atoms with van der Waals surface area (Å²) in [6.07, 6.45) is 3.51. The minimum absolute atomic E-state index is 0.126. The number of thiophene rings is 1. The van der Waals surface area contributed by atoms with E-state index in [-0.39, 0.29) is 11.8 Å². The van der Waals surface area contributed by atoms with E-state index >= 15 is 0 Å². The molecule has 0 amide bonds. The van der Waals surface area contributed by atoms with Gasteiger partial charge in [-0.15, -0.1) is 11.3 Å². The Kier molecular flexibility index (Phi) is 2.35. The molecule has 1 aromatic rings. The molecule has 1 atom stereocenters. The van der Waals surface area contributed by atoms with Crippen LogP contribution in [0.1, 0.15) is 36.6 Å². The second-order valence-corrected chi connectivity index (χ2v) is 5.24. The summed E-state index contributed by atoms with van der Waals surface area (Å²) in [7, 11) is 0. The van der Waals surface area contributed by atoms with Gasteiger partial charge in [0.15, 0.2) is 0 Å². The first-order valence-corrected chi connectivity index (χ1v) is 5.78. The minimum atomic E-state index is -0.688. The first-order chi connectivity index (χ1) is 6.62. The smallest absolute Gasteiger partial charge is 0.304 e. The highest BCUT2D eigenvalue weighted by Gasteiger charge is 2.34. The van der Waals surface area contributed by atoms with Crippen LogP contribution in [0.25, 0.3) is 0 Å². The Labute approximate surface area is 87.6 Å². The average molecular weight is 210 g/mol. The summed E-state index contributed by atoms with van der Waals surface area (Å²) in [6.45, 7) is 2.08. The van der Waals surface area contributed by atoms with Crippen molar-refractivity contribution in [1.82, 2.24) is 0 Å². The van der Waals surface area contributed by atoms with Gasteiger partial charge in [-0.05, 0) is 36.3 Å². The van der Waals surface area contributed by atoms with E-state index in [0.717, 1.165) is 19.3 Å². The van der Waals surface area contributed by atoms with Crippen molar-refractivity contribution >= 4 is 17.3 Å². The zero-order valence-electron chi connectivity index (χ0n) is 8.25. The van der Waals surface area contributed by atoms with E-state index in [4.69, 9.17) is 5.11 Å². The number of hydrogen-bond donors (Lipinski definition) is 1. The summed E-state index contributed by atoms with van der Waals surface area (Å²) in [5, 5.41) is 11.0. The van der Waals surface area contributed by atoms with Crippen LogP contribution in [0, 0.1) is 0 Å². The van der Waals surface area contributed by atoms with Gasteiger partial charge in [-0.1, -0.05) is 6.92 Å². The first kappa shape index (κ1) is 9.71. The van der Waals surface area contributed by atoms with Gasteiger partial charge in [0.2, 0.25) is 0 Å².